The number of rotatable bonds is 5. The van der Waals surface area contributed by atoms with Gasteiger partial charge in [-0.15, -0.1) is 0 Å². The van der Waals surface area contributed by atoms with Crippen LogP contribution >= 0.6 is 11.6 Å². The summed E-state index contributed by atoms with van der Waals surface area (Å²) < 4.78 is 14.4. The van der Waals surface area contributed by atoms with Gasteiger partial charge in [0.2, 0.25) is 0 Å². The summed E-state index contributed by atoms with van der Waals surface area (Å²) in [6, 6.07) is 13.8. The Morgan fingerprint density at radius 3 is 2.48 bits per heavy atom. The molecule has 1 heterocycles. The summed E-state index contributed by atoms with van der Waals surface area (Å²) in [6.45, 7) is 5.74. The first-order chi connectivity index (χ1) is 13.1. The van der Waals surface area contributed by atoms with Crippen molar-refractivity contribution in [3.63, 3.8) is 0 Å². The van der Waals surface area contributed by atoms with Gasteiger partial charge < -0.3 is 0 Å². The molecule has 0 saturated carbocycles. The third-order valence-electron chi connectivity index (χ3n) is 3.78. The summed E-state index contributed by atoms with van der Waals surface area (Å²) in [5.74, 6) is 0.620. The number of hydrogen-bond donors (Lipinski definition) is 0. The minimum Gasteiger partial charge on any atom is -0.208 e. The molecule has 0 bridgehead atoms. The lowest BCUT2D eigenvalue weighted by molar-refractivity contribution is 0.630. The zero-order valence-electron chi connectivity index (χ0n) is 14.7. The normalized spacial score (nSPS) is 11.7. The third-order valence-corrected chi connectivity index (χ3v) is 4.02. The van der Waals surface area contributed by atoms with E-state index < -0.39 is 5.82 Å². The van der Waals surface area contributed by atoms with Crippen LogP contribution < -0.4 is 0 Å². The lowest BCUT2D eigenvalue weighted by atomic mass is 10.1. The van der Waals surface area contributed by atoms with Gasteiger partial charge in [0, 0.05) is 16.2 Å². The molecule has 134 valence electrons. The second-order valence-electron chi connectivity index (χ2n) is 5.65. The monoisotopic (exact) mass is 377 g/mol. The van der Waals surface area contributed by atoms with E-state index in [9.17, 15) is 4.39 Å². The summed E-state index contributed by atoms with van der Waals surface area (Å²) in [5, 5.41) is 0.406. The first kappa shape index (κ1) is 18.7. The highest BCUT2D eigenvalue weighted by atomic mass is 35.5. The smallest absolute Gasteiger partial charge is 0.167 e. The summed E-state index contributed by atoms with van der Waals surface area (Å²) in [5.41, 5.74) is 1.73. The Balaban J connectivity index is 2.26. The Kier molecular flexibility index (Phi) is 5.89. The van der Waals surface area contributed by atoms with E-state index in [0.717, 1.165) is 5.56 Å². The van der Waals surface area contributed by atoms with Crippen molar-refractivity contribution in [3.8, 4) is 22.8 Å². The first-order valence-corrected chi connectivity index (χ1v) is 8.73. The quantitative estimate of drug-likeness (QED) is 0.501. The predicted molar refractivity (Wildman–Crippen MR) is 109 cm³/mol. The molecular weight excluding hydrogens is 361 g/mol. The van der Waals surface area contributed by atoms with Crippen molar-refractivity contribution >= 4 is 17.2 Å². The second-order valence-corrected chi connectivity index (χ2v) is 6.08. The van der Waals surface area contributed by atoms with Gasteiger partial charge in [-0.25, -0.2) is 19.3 Å². The Labute approximate surface area is 162 Å². The minimum atomic E-state index is -0.451. The molecule has 0 spiro atoms. The molecule has 3 aromatic rings. The molecule has 0 radical (unpaired) electrons. The van der Waals surface area contributed by atoms with Crippen molar-refractivity contribution in [2.24, 2.45) is 0 Å². The van der Waals surface area contributed by atoms with Crippen LogP contribution in [0.25, 0.3) is 28.3 Å². The van der Waals surface area contributed by atoms with Crippen LogP contribution in [0.15, 0.2) is 79.4 Å². The minimum absolute atomic E-state index is 0.215. The van der Waals surface area contributed by atoms with E-state index in [0.29, 0.717) is 22.2 Å². The first-order valence-electron chi connectivity index (χ1n) is 8.35. The van der Waals surface area contributed by atoms with Crippen molar-refractivity contribution in [2.45, 2.75) is 6.92 Å². The molecule has 0 saturated heterocycles. The van der Waals surface area contributed by atoms with Crippen LogP contribution in [0.5, 0.6) is 0 Å². The molecule has 0 aliphatic heterocycles. The fraction of sp³-hybridized carbons (Fsp3) is 0.0455. The molecule has 0 aliphatic rings. The average molecular weight is 378 g/mol. The Morgan fingerprint density at radius 1 is 1.04 bits per heavy atom. The number of nitrogens with zero attached hydrogens (tertiary/aromatic N) is 3. The third kappa shape index (κ3) is 4.36. The molecule has 0 atom stereocenters. The average Bonchev–Trinajstić information content (AvgIpc) is 2.71. The number of benzene rings is 2. The van der Waals surface area contributed by atoms with E-state index in [1.54, 1.807) is 6.08 Å². The van der Waals surface area contributed by atoms with Gasteiger partial charge in [0.15, 0.2) is 17.5 Å². The van der Waals surface area contributed by atoms with E-state index in [1.807, 2.05) is 55.5 Å². The molecule has 0 fully saturated rings. The highest BCUT2D eigenvalue weighted by molar-refractivity contribution is 6.30. The largest absolute Gasteiger partial charge is 0.208 e. The molecule has 2 aromatic carbocycles. The summed E-state index contributed by atoms with van der Waals surface area (Å²) in [6.07, 6.45) is 7.25. The maximum Gasteiger partial charge on any atom is 0.167 e. The predicted octanol–water partition coefficient (Wildman–Crippen LogP) is 6.14. The Bertz CT molecular complexity index is 1030. The van der Waals surface area contributed by atoms with Crippen LogP contribution in [0.3, 0.4) is 0 Å². The fourth-order valence-electron chi connectivity index (χ4n) is 2.44. The van der Waals surface area contributed by atoms with E-state index in [4.69, 9.17) is 11.6 Å². The summed E-state index contributed by atoms with van der Waals surface area (Å²) >= 11 is 6.05. The maximum absolute atomic E-state index is 14.4. The lowest BCUT2D eigenvalue weighted by Gasteiger charge is -2.09. The van der Waals surface area contributed by atoms with E-state index in [2.05, 4.69) is 21.5 Å². The molecule has 0 aliphatic carbocycles. The molecule has 0 amide bonds. The van der Waals surface area contributed by atoms with Crippen molar-refractivity contribution in [1.29, 1.82) is 0 Å². The molecule has 3 rings (SSSR count). The number of halogens is 2. The van der Waals surface area contributed by atoms with Crippen molar-refractivity contribution in [1.82, 2.24) is 15.0 Å². The lowest BCUT2D eigenvalue weighted by Crippen LogP contribution is -2.03. The van der Waals surface area contributed by atoms with Crippen molar-refractivity contribution < 1.29 is 4.39 Å². The SMILES string of the molecule is C=C/C(=C\C=C/C)c1nc(-c2ccccc2)nc(-c2cc(Cl)ccc2F)n1. The topological polar surface area (TPSA) is 38.7 Å². The molecule has 27 heavy (non-hydrogen) atoms. The van der Waals surface area contributed by atoms with E-state index >= 15 is 0 Å². The standard InChI is InChI=1S/C22H17ClFN3/c1-3-5-9-15(4-2)20-25-21(16-10-7-6-8-11-16)27-22(26-20)18-14-17(23)12-13-19(18)24/h3-14H,2H2,1H3/b5-3-,15-9+. The van der Waals surface area contributed by atoms with Gasteiger partial charge >= 0.3 is 0 Å². The fourth-order valence-corrected chi connectivity index (χ4v) is 2.62. The van der Waals surface area contributed by atoms with Gasteiger partial charge in [-0.05, 0) is 25.1 Å². The Hall–Kier alpha value is -3.11. The summed E-state index contributed by atoms with van der Waals surface area (Å²) in [7, 11) is 0. The van der Waals surface area contributed by atoms with Crippen LogP contribution in [-0.2, 0) is 0 Å². The van der Waals surface area contributed by atoms with Gasteiger partial charge in [0.05, 0.1) is 5.56 Å². The van der Waals surface area contributed by atoms with E-state index in [-0.39, 0.29) is 11.4 Å². The number of hydrogen-bond acceptors (Lipinski definition) is 3. The molecule has 1 aromatic heterocycles. The number of aromatic nitrogens is 3. The zero-order valence-corrected chi connectivity index (χ0v) is 15.5. The van der Waals surface area contributed by atoms with Crippen LogP contribution in [-0.4, -0.2) is 15.0 Å². The van der Waals surface area contributed by atoms with Gasteiger partial charge in [0.25, 0.3) is 0 Å². The van der Waals surface area contributed by atoms with Gasteiger partial charge in [-0.2, -0.15) is 0 Å². The Morgan fingerprint density at radius 2 is 1.78 bits per heavy atom. The van der Waals surface area contributed by atoms with Crippen LogP contribution in [0.1, 0.15) is 12.7 Å². The van der Waals surface area contributed by atoms with Crippen molar-refractivity contribution in [2.75, 3.05) is 0 Å². The second kappa shape index (κ2) is 8.52. The molecule has 3 nitrogen and oxygen atoms in total. The molecule has 0 N–H and O–H groups in total. The van der Waals surface area contributed by atoms with Crippen molar-refractivity contribution in [3.05, 3.63) is 96.1 Å². The van der Waals surface area contributed by atoms with Crippen LogP contribution in [0, 0.1) is 5.82 Å². The number of allylic oxidation sites excluding steroid dienone is 5. The summed E-state index contributed by atoms with van der Waals surface area (Å²) in [4.78, 5) is 13.5. The van der Waals surface area contributed by atoms with E-state index in [1.165, 1.54) is 18.2 Å². The highest BCUT2D eigenvalue weighted by Gasteiger charge is 2.15. The van der Waals surface area contributed by atoms with Gasteiger partial charge in [0.1, 0.15) is 5.82 Å². The molecular formula is C22H17ClFN3. The van der Waals surface area contributed by atoms with Gasteiger partial charge in [-0.1, -0.05) is 72.8 Å². The van der Waals surface area contributed by atoms with Gasteiger partial charge in [-0.3, -0.25) is 0 Å². The highest BCUT2D eigenvalue weighted by Crippen LogP contribution is 2.27. The zero-order chi connectivity index (χ0) is 19.2. The van der Waals surface area contributed by atoms with Crippen LogP contribution in [0.2, 0.25) is 5.02 Å². The maximum atomic E-state index is 14.4. The molecule has 0 unspecified atom stereocenters. The molecule has 5 heteroatoms. The van der Waals surface area contributed by atoms with Crippen LogP contribution in [0.4, 0.5) is 4.39 Å².